The SMILES string of the molecule is c1cnc2c(c1)ccc1ccc(-c3ccc4ccc(-c5ccc6ccc7cccc8sc5c6c78)cc4c3)nc12. The Balaban J connectivity index is 1.22. The van der Waals surface area contributed by atoms with Crippen molar-refractivity contribution in [1.29, 1.82) is 0 Å². The zero-order valence-corrected chi connectivity index (χ0v) is 21.7. The third-order valence-electron chi connectivity index (χ3n) is 8.03. The third-order valence-corrected chi connectivity index (χ3v) is 9.22. The Labute approximate surface area is 228 Å². The molecule has 39 heavy (non-hydrogen) atoms. The van der Waals surface area contributed by atoms with Crippen molar-refractivity contribution in [2.24, 2.45) is 0 Å². The summed E-state index contributed by atoms with van der Waals surface area (Å²) in [5.74, 6) is 0. The van der Waals surface area contributed by atoms with Crippen LogP contribution >= 0.6 is 11.3 Å². The molecule has 0 bridgehead atoms. The van der Waals surface area contributed by atoms with E-state index in [1.807, 2.05) is 23.6 Å². The molecule has 0 aliphatic carbocycles. The molecule has 0 radical (unpaired) electrons. The van der Waals surface area contributed by atoms with Gasteiger partial charge in [-0.3, -0.25) is 4.98 Å². The Kier molecular flexibility index (Phi) is 4.24. The first-order valence-corrected chi connectivity index (χ1v) is 14.0. The second-order valence-corrected chi connectivity index (χ2v) is 11.3. The maximum atomic E-state index is 5.08. The van der Waals surface area contributed by atoms with E-state index in [0.717, 1.165) is 33.1 Å². The van der Waals surface area contributed by atoms with Crippen molar-refractivity contribution >= 4 is 74.9 Å². The summed E-state index contributed by atoms with van der Waals surface area (Å²) >= 11 is 1.90. The average Bonchev–Trinajstić information content (AvgIpc) is 3.40. The van der Waals surface area contributed by atoms with Crippen LogP contribution < -0.4 is 0 Å². The number of benzene rings is 6. The standard InChI is InChI=1S/C36H20N2S/c1-3-22-8-9-23-14-16-29(36-33(23)32(22)31(5-1)39-36)26-12-6-21-7-13-27(20-28(21)19-26)30-17-15-25-11-10-24-4-2-18-37-34(24)35(25)38-30/h1-20H. The Morgan fingerprint density at radius 3 is 2.10 bits per heavy atom. The van der Waals surface area contributed by atoms with Gasteiger partial charge in [-0.05, 0) is 63.0 Å². The van der Waals surface area contributed by atoms with Crippen LogP contribution in [0.5, 0.6) is 0 Å². The molecule has 0 aliphatic heterocycles. The smallest absolute Gasteiger partial charge is 0.0972 e. The first kappa shape index (κ1) is 21.1. The van der Waals surface area contributed by atoms with E-state index in [-0.39, 0.29) is 0 Å². The quantitative estimate of drug-likeness (QED) is 0.215. The summed E-state index contributed by atoms with van der Waals surface area (Å²) in [5, 5.41) is 10.1. The van der Waals surface area contributed by atoms with Crippen molar-refractivity contribution in [3.63, 3.8) is 0 Å². The molecule has 0 saturated carbocycles. The molecule has 0 unspecified atom stereocenters. The summed E-state index contributed by atoms with van der Waals surface area (Å²) in [6.45, 7) is 0. The van der Waals surface area contributed by atoms with Crippen LogP contribution in [0.1, 0.15) is 0 Å². The van der Waals surface area contributed by atoms with Crippen molar-refractivity contribution in [3.05, 3.63) is 121 Å². The van der Waals surface area contributed by atoms with Gasteiger partial charge in [-0.2, -0.15) is 0 Å². The van der Waals surface area contributed by atoms with Gasteiger partial charge in [0.2, 0.25) is 0 Å². The fourth-order valence-corrected chi connectivity index (χ4v) is 7.42. The molecular weight excluding hydrogens is 492 g/mol. The lowest BCUT2D eigenvalue weighted by atomic mass is 9.95. The number of rotatable bonds is 2. The van der Waals surface area contributed by atoms with Crippen LogP contribution in [-0.2, 0) is 0 Å². The van der Waals surface area contributed by atoms with E-state index in [4.69, 9.17) is 4.98 Å². The molecular formula is C36H20N2S. The second-order valence-electron chi connectivity index (χ2n) is 10.2. The number of hydrogen-bond donors (Lipinski definition) is 0. The van der Waals surface area contributed by atoms with Crippen LogP contribution in [0.15, 0.2) is 121 Å². The van der Waals surface area contributed by atoms with Gasteiger partial charge >= 0.3 is 0 Å². The van der Waals surface area contributed by atoms with E-state index in [1.54, 1.807) is 0 Å². The number of aromatic nitrogens is 2. The Morgan fingerprint density at radius 1 is 0.487 bits per heavy atom. The minimum absolute atomic E-state index is 0.946. The van der Waals surface area contributed by atoms with Crippen molar-refractivity contribution < 1.29 is 0 Å². The number of nitrogens with zero attached hydrogens (tertiary/aromatic N) is 2. The van der Waals surface area contributed by atoms with Crippen molar-refractivity contribution in [3.8, 4) is 22.4 Å². The maximum absolute atomic E-state index is 5.08. The number of hydrogen-bond acceptors (Lipinski definition) is 3. The largest absolute Gasteiger partial charge is 0.254 e. The fourth-order valence-electron chi connectivity index (χ4n) is 6.12. The van der Waals surface area contributed by atoms with Gasteiger partial charge in [-0.15, -0.1) is 11.3 Å². The van der Waals surface area contributed by atoms with Gasteiger partial charge in [0.15, 0.2) is 0 Å². The van der Waals surface area contributed by atoms with Gasteiger partial charge in [0.05, 0.1) is 16.7 Å². The Hall–Kier alpha value is -4.86. The van der Waals surface area contributed by atoms with Gasteiger partial charge in [-0.1, -0.05) is 84.9 Å². The minimum atomic E-state index is 0.946. The predicted molar refractivity (Wildman–Crippen MR) is 167 cm³/mol. The summed E-state index contributed by atoms with van der Waals surface area (Å²) in [6, 6.07) is 41.7. The highest BCUT2D eigenvalue weighted by Crippen LogP contribution is 2.45. The van der Waals surface area contributed by atoms with Gasteiger partial charge in [0.25, 0.3) is 0 Å². The Morgan fingerprint density at radius 2 is 1.18 bits per heavy atom. The van der Waals surface area contributed by atoms with Gasteiger partial charge in [-0.25, -0.2) is 4.98 Å². The highest BCUT2D eigenvalue weighted by atomic mass is 32.1. The van der Waals surface area contributed by atoms with Crippen LogP contribution in [0.25, 0.3) is 85.9 Å². The molecule has 6 aromatic carbocycles. The summed E-state index contributed by atoms with van der Waals surface area (Å²) < 4.78 is 2.72. The molecule has 9 aromatic rings. The summed E-state index contributed by atoms with van der Waals surface area (Å²) in [6.07, 6.45) is 1.84. The molecule has 9 rings (SSSR count). The summed E-state index contributed by atoms with van der Waals surface area (Å²) in [7, 11) is 0. The van der Waals surface area contributed by atoms with Gasteiger partial charge in [0.1, 0.15) is 0 Å². The monoisotopic (exact) mass is 512 g/mol. The highest BCUT2D eigenvalue weighted by molar-refractivity contribution is 7.26. The lowest BCUT2D eigenvalue weighted by molar-refractivity contribution is 1.37. The lowest BCUT2D eigenvalue weighted by Crippen LogP contribution is -1.89. The number of fused-ring (bicyclic) bond motifs is 4. The maximum Gasteiger partial charge on any atom is 0.0972 e. The molecule has 3 heterocycles. The summed E-state index contributed by atoms with van der Waals surface area (Å²) in [4.78, 5) is 9.71. The lowest BCUT2D eigenvalue weighted by Gasteiger charge is -2.10. The average molecular weight is 513 g/mol. The molecule has 0 amide bonds. The first-order chi connectivity index (χ1) is 19.3. The Bertz CT molecular complexity index is 2400. The second kappa shape index (κ2) is 7.83. The topological polar surface area (TPSA) is 25.8 Å². The van der Waals surface area contributed by atoms with Gasteiger partial charge < -0.3 is 0 Å². The van der Waals surface area contributed by atoms with Gasteiger partial charge in [0, 0.05) is 42.7 Å². The first-order valence-electron chi connectivity index (χ1n) is 13.2. The van der Waals surface area contributed by atoms with E-state index in [0.29, 0.717) is 0 Å². The van der Waals surface area contributed by atoms with Crippen molar-refractivity contribution in [1.82, 2.24) is 9.97 Å². The highest BCUT2D eigenvalue weighted by Gasteiger charge is 2.15. The molecule has 3 aromatic heterocycles. The van der Waals surface area contributed by atoms with Crippen molar-refractivity contribution in [2.75, 3.05) is 0 Å². The van der Waals surface area contributed by atoms with Crippen LogP contribution in [0.2, 0.25) is 0 Å². The zero-order chi connectivity index (χ0) is 25.5. The fraction of sp³-hybridized carbons (Fsp3) is 0. The number of pyridine rings is 2. The van der Waals surface area contributed by atoms with E-state index in [1.165, 1.54) is 52.8 Å². The molecule has 0 saturated heterocycles. The van der Waals surface area contributed by atoms with Crippen LogP contribution in [0, 0.1) is 0 Å². The van der Waals surface area contributed by atoms with E-state index >= 15 is 0 Å². The predicted octanol–water partition coefficient (Wildman–Crippen LogP) is 10.2. The van der Waals surface area contributed by atoms with E-state index in [9.17, 15) is 0 Å². The van der Waals surface area contributed by atoms with Crippen LogP contribution in [0.3, 0.4) is 0 Å². The summed E-state index contributed by atoms with van der Waals surface area (Å²) in [5.41, 5.74) is 6.51. The zero-order valence-electron chi connectivity index (χ0n) is 20.8. The molecule has 0 atom stereocenters. The molecule has 0 spiro atoms. The number of thiophene rings is 1. The van der Waals surface area contributed by atoms with E-state index < -0.39 is 0 Å². The third kappa shape index (κ3) is 3.08. The molecule has 0 fully saturated rings. The molecule has 2 nitrogen and oxygen atoms in total. The minimum Gasteiger partial charge on any atom is -0.254 e. The van der Waals surface area contributed by atoms with Crippen LogP contribution in [0.4, 0.5) is 0 Å². The molecule has 0 aliphatic rings. The molecule has 180 valence electrons. The molecule has 3 heteroatoms. The van der Waals surface area contributed by atoms with E-state index in [2.05, 4.69) is 114 Å². The van der Waals surface area contributed by atoms with Crippen LogP contribution in [-0.4, -0.2) is 9.97 Å². The molecule has 0 N–H and O–H groups in total. The van der Waals surface area contributed by atoms with Crippen molar-refractivity contribution in [2.45, 2.75) is 0 Å². The normalized spacial score (nSPS) is 12.1.